The van der Waals surface area contributed by atoms with Crippen LogP contribution in [0.4, 0.5) is 0 Å². The molecular formula is C20H19N5O5S2. The van der Waals surface area contributed by atoms with Crippen LogP contribution in [0, 0.1) is 6.92 Å². The van der Waals surface area contributed by atoms with Crippen molar-refractivity contribution in [1.82, 2.24) is 19.9 Å². The fraction of sp³-hybridized carbons (Fsp3) is 0.150. The number of aryl methyl sites for hydroxylation is 2. The van der Waals surface area contributed by atoms with E-state index in [1.165, 1.54) is 23.7 Å². The molecule has 0 atom stereocenters. The number of nitrogens with two attached hydrogens (primary N) is 1. The van der Waals surface area contributed by atoms with Crippen molar-refractivity contribution in [2.75, 3.05) is 7.05 Å². The van der Waals surface area contributed by atoms with Crippen LogP contribution in [-0.4, -0.2) is 35.9 Å². The number of pyridine rings is 2. The fourth-order valence-corrected chi connectivity index (χ4v) is 5.04. The topological polar surface area (TPSA) is 149 Å². The molecule has 4 N–H and O–H groups in total. The minimum atomic E-state index is -4.02. The van der Waals surface area contributed by atoms with E-state index >= 15 is 0 Å². The highest BCUT2D eigenvalue weighted by atomic mass is 32.2. The molecule has 0 saturated heterocycles. The van der Waals surface area contributed by atoms with Crippen LogP contribution in [0.15, 0.2) is 45.7 Å². The van der Waals surface area contributed by atoms with Crippen LogP contribution >= 0.6 is 11.3 Å². The predicted octanol–water partition coefficient (Wildman–Crippen LogP) is 2.10. The maximum Gasteiger partial charge on any atom is 0.274 e. The van der Waals surface area contributed by atoms with E-state index in [9.17, 15) is 18.0 Å². The number of H-pyrrole nitrogens is 1. The molecule has 4 aromatic rings. The highest BCUT2D eigenvalue weighted by Crippen LogP contribution is 2.44. The van der Waals surface area contributed by atoms with Gasteiger partial charge >= 0.3 is 0 Å². The lowest BCUT2D eigenvalue weighted by molar-refractivity contribution is 0.0959. The molecule has 4 rings (SSSR count). The molecule has 4 aromatic heterocycles. The van der Waals surface area contributed by atoms with Gasteiger partial charge in [0.05, 0.1) is 4.88 Å². The predicted molar refractivity (Wildman–Crippen MR) is 121 cm³/mol. The Balaban J connectivity index is 2.00. The Labute approximate surface area is 186 Å². The SMILES string of the molecule is CNC(=O)c1cc2c(-c3sc(S(N)(=O)=O)cc3Oc3ncccc3C)cn(C)c(=O)c2[nH]1. The van der Waals surface area contributed by atoms with E-state index in [0.717, 1.165) is 16.9 Å². The van der Waals surface area contributed by atoms with Crippen LogP contribution in [0.25, 0.3) is 21.3 Å². The van der Waals surface area contributed by atoms with E-state index in [2.05, 4.69) is 15.3 Å². The van der Waals surface area contributed by atoms with Gasteiger partial charge in [0.25, 0.3) is 11.5 Å². The summed E-state index contributed by atoms with van der Waals surface area (Å²) in [6, 6.07) is 6.42. The summed E-state index contributed by atoms with van der Waals surface area (Å²) in [5.41, 5.74) is 1.30. The number of thiophene rings is 1. The third-order valence-corrected chi connectivity index (χ3v) is 7.37. The summed E-state index contributed by atoms with van der Waals surface area (Å²) < 4.78 is 31.3. The maximum absolute atomic E-state index is 12.7. The average Bonchev–Trinajstić information content (AvgIpc) is 3.37. The van der Waals surface area contributed by atoms with Gasteiger partial charge in [-0.05, 0) is 19.1 Å². The number of amides is 1. The summed E-state index contributed by atoms with van der Waals surface area (Å²) in [6.07, 6.45) is 3.12. The maximum atomic E-state index is 12.7. The Morgan fingerprint density at radius 3 is 2.75 bits per heavy atom. The number of carbonyl (C=O) groups is 1. The zero-order valence-electron chi connectivity index (χ0n) is 17.3. The Morgan fingerprint density at radius 1 is 1.34 bits per heavy atom. The zero-order valence-corrected chi connectivity index (χ0v) is 18.9. The van der Waals surface area contributed by atoms with Crippen molar-refractivity contribution in [2.24, 2.45) is 12.2 Å². The molecule has 0 aromatic carbocycles. The Morgan fingerprint density at radius 2 is 2.09 bits per heavy atom. The zero-order chi connectivity index (χ0) is 23.2. The number of rotatable bonds is 5. The van der Waals surface area contributed by atoms with Gasteiger partial charge in [0.2, 0.25) is 15.9 Å². The molecule has 0 aliphatic rings. The molecule has 32 heavy (non-hydrogen) atoms. The normalized spacial score (nSPS) is 11.6. The molecular weight excluding hydrogens is 454 g/mol. The van der Waals surface area contributed by atoms with E-state index in [1.54, 1.807) is 38.5 Å². The number of sulfonamides is 1. The first-order valence-corrected chi connectivity index (χ1v) is 11.7. The van der Waals surface area contributed by atoms with E-state index in [4.69, 9.17) is 9.88 Å². The lowest BCUT2D eigenvalue weighted by atomic mass is 10.1. The number of hydrogen-bond donors (Lipinski definition) is 3. The van der Waals surface area contributed by atoms with E-state index in [0.29, 0.717) is 21.7 Å². The molecule has 0 bridgehead atoms. The van der Waals surface area contributed by atoms with Crippen LogP contribution < -0.4 is 20.8 Å². The van der Waals surface area contributed by atoms with Gasteiger partial charge < -0.3 is 19.6 Å². The number of aromatic amines is 1. The van der Waals surface area contributed by atoms with Gasteiger partial charge in [0.1, 0.15) is 21.2 Å². The lowest BCUT2D eigenvalue weighted by Crippen LogP contribution is -2.19. The standard InChI is InChI=1S/C20H19N5O5S2/c1-10-5-4-6-23-19(10)30-14-8-15(32(21,28)29)31-17(14)12-9-25(3)20(27)16-11(12)7-13(24-16)18(26)22-2/h4-9,24H,1-3H3,(H,22,26)(H2,21,28,29). The third kappa shape index (κ3) is 3.79. The molecule has 0 fully saturated rings. The molecule has 166 valence electrons. The third-order valence-electron chi connectivity index (χ3n) is 4.80. The van der Waals surface area contributed by atoms with Crippen LogP contribution in [-0.2, 0) is 17.1 Å². The number of primary sulfonamides is 1. The number of ether oxygens (including phenoxy) is 1. The summed E-state index contributed by atoms with van der Waals surface area (Å²) in [5, 5.41) is 8.31. The average molecular weight is 474 g/mol. The molecule has 1 amide bonds. The van der Waals surface area contributed by atoms with Gasteiger partial charge in [0.15, 0.2) is 0 Å². The van der Waals surface area contributed by atoms with Gasteiger partial charge in [-0.3, -0.25) is 9.59 Å². The van der Waals surface area contributed by atoms with Crippen LogP contribution in [0.1, 0.15) is 16.1 Å². The smallest absolute Gasteiger partial charge is 0.274 e. The first kappa shape index (κ1) is 21.7. The second-order valence-electron chi connectivity index (χ2n) is 7.04. The molecule has 0 saturated carbocycles. The summed E-state index contributed by atoms with van der Waals surface area (Å²) in [6.45, 7) is 1.81. The molecule has 0 spiro atoms. The highest BCUT2D eigenvalue weighted by Gasteiger charge is 2.24. The van der Waals surface area contributed by atoms with Gasteiger partial charge in [-0.2, -0.15) is 0 Å². The first-order valence-electron chi connectivity index (χ1n) is 9.31. The van der Waals surface area contributed by atoms with Gasteiger partial charge in [0, 0.05) is 49.1 Å². The lowest BCUT2D eigenvalue weighted by Gasteiger charge is -2.10. The Hall–Kier alpha value is -3.48. The minimum Gasteiger partial charge on any atom is -0.437 e. The number of nitrogens with zero attached hydrogens (tertiary/aromatic N) is 2. The van der Waals surface area contributed by atoms with E-state index < -0.39 is 15.9 Å². The van der Waals surface area contributed by atoms with Crippen molar-refractivity contribution < 1.29 is 17.9 Å². The molecule has 0 radical (unpaired) electrons. The van der Waals surface area contributed by atoms with Crippen LogP contribution in [0.5, 0.6) is 11.6 Å². The number of fused-ring (bicyclic) bond motifs is 1. The number of carbonyl (C=O) groups excluding carboxylic acids is 1. The number of hydrogen-bond acceptors (Lipinski definition) is 7. The van der Waals surface area contributed by atoms with Crippen molar-refractivity contribution in [3.05, 3.63) is 58.3 Å². The van der Waals surface area contributed by atoms with Gasteiger partial charge in [-0.15, -0.1) is 11.3 Å². The molecule has 0 aliphatic heterocycles. The summed E-state index contributed by atoms with van der Waals surface area (Å²) in [4.78, 5) is 32.3. The summed E-state index contributed by atoms with van der Waals surface area (Å²) in [5.74, 6) is 0.114. The van der Waals surface area contributed by atoms with E-state index in [1.807, 2.05) is 0 Å². The summed E-state index contributed by atoms with van der Waals surface area (Å²) >= 11 is 0.902. The Bertz CT molecular complexity index is 1530. The summed E-state index contributed by atoms with van der Waals surface area (Å²) in [7, 11) is -0.984. The van der Waals surface area contributed by atoms with Crippen LogP contribution in [0.2, 0.25) is 0 Å². The second-order valence-corrected chi connectivity index (χ2v) is 9.88. The van der Waals surface area contributed by atoms with Crippen molar-refractivity contribution >= 4 is 38.2 Å². The molecule has 0 aliphatic carbocycles. The van der Waals surface area contributed by atoms with E-state index in [-0.39, 0.29) is 26.7 Å². The molecule has 12 heteroatoms. The molecule has 10 nitrogen and oxygen atoms in total. The first-order chi connectivity index (χ1) is 15.1. The Kier molecular flexibility index (Phi) is 5.36. The van der Waals surface area contributed by atoms with Crippen molar-refractivity contribution in [3.63, 3.8) is 0 Å². The largest absolute Gasteiger partial charge is 0.437 e. The monoisotopic (exact) mass is 473 g/mol. The minimum absolute atomic E-state index is 0.111. The van der Waals surface area contributed by atoms with Gasteiger partial charge in [-0.1, -0.05) is 6.07 Å². The van der Waals surface area contributed by atoms with Crippen LogP contribution in [0.3, 0.4) is 0 Å². The molecule has 0 unspecified atom stereocenters. The quantitative estimate of drug-likeness (QED) is 0.404. The number of nitrogens with one attached hydrogen (secondary N) is 2. The van der Waals surface area contributed by atoms with Crippen molar-refractivity contribution in [3.8, 4) is 22.1 Å². The second kappa shape index (κ2) is 7.89. The highest BCUT2D eigenvalue weighted by molar-refractivity contribution is 7.91. The van der Waals surface area contributed by atoms with Gasteiger partial charge in [-0.25, -0.2) is 18.5 Å². The van der Waals surface area contributed by atoms with Crippen molar-refractivity contribution in [2.45, 2.75) is 11.1 Å². The molecule has 4 heterocycles. The number of aromatic nitrogens is 3. The fourth-order valence-electron chi connectivity index (χ4n) is 3.21. The van der Waals surface area contributed by atoms with Crippen molar-refractivity contribution in [1.29, 1.82) is 0 Å².